The Kier molecular flexibility index (Phi) is 4.64. The minimum atomic E-state index is -0.333. The molecule has 0 bridgehead atoms. The summed E-state index contributed by atoms with van der Waals surface area (Å²) in [5.74, 6) is -0.877. The summed E-state index contributed by atoms with van der Waals surface area (Å²) in [6.07, 6.45) is 0.0667. The second-order valence-corrected chi connectivity index (χ2v) is 6.88. The summed E-state index contributed by atoms with van der Waals surface area (Å²) in [5.41, 5.74) is 5.67. The predicted octanol–water partition coefficient (Wildman–Crippen LogP) is 3.55. The van der Waals surface area contributed by atoms with Crippen LogP contribution in [0.4, 0.5) is 5.69 Å². The molecule has 1 aliphatic rings. The van der Waals surface area contributed by atoms with Crippen LogP contribution in [0.25, 0.3) is 0 Å². The van der Waals surface area contributed by atoms with E-state index >= 15 is 0 Å². The van der Waals surface area contributed by atoms with Crippen molar-refractivity contribution in [3.8, 4) is 0 Å². The number of hydrogen-bond donors (Lipinski definition) is 1. The van der Waals surface area contributed by atoms with Gasteiger partial charge in [-0.1, -0.05) is 29.3 Å². The van der Waals surface area contributed by atoms with Crippen LogP contribution in [-0.2, 0) is 4.79 Å². The van der Waals surface area contributed by atoms with Gasteiger partial charge in [0.25, 0.3) is 11.8 Å². The molecular formula is C21H22N2O3. The SMILES string of the molecule is Cc1cc(C)c(NC(=O)CCN2C(=O)c3ccc(C)cc3C2=O)c(C)c1. The standard InChI is InChI=1S/C21H22N2O3/c1-12-5-6-16-17(11-12)21(26)23(20(16)25)8-7-18(24)22-19-14(3)9-13(2)10-15(19)4/h5-6,9-11H,7-8H2,1-4H3,(H,22,24). The van der Waals surface area contributed by atoms with Gasteiger partial charge in [0.15, 0.2) is 0 Å². The molecule has 1 heterocycles. The van der Waals surface area contributed by atoms with Gasteiger partial charge in [0.2, 0.25) is 5.91 Å². The lowest BCUT2D eigenvalue weighted by atomic mass is 10.1. The molecule has 0 atom stereocenters. The van der Waals surface area contributed by atoms with Crippen molar-refractivity contribution in [2.45, 2.75) is 34.1 Å². The van der Waals surface area contributed by atoms with Crippen molar-refractivity contribution in [3.63, 3.8) is 0 Å². The molecule has 0 spiro atoms. The van der Waals surface area contributed by atoms with Crippen molar-refractivity contribution in [1.82, 2.24) is 4.90 Å². The average molecular weight is 350 g/mol. The van der Waals surface area contributed by atoms with E-state index in [4.69, 9.17) is 0 Å². The molecule has 0 fully saturated rings. The maximum atomic E-state index is 12.4. The minimum Gasteiger partial charge on any atom is -0.326 e. The third-order valence-corrected chi connectivity index (χ3v) is 4.63. The van der Waals surface area contributed by atoms with Gasteiger partial charge in [-0.3, -0.25) is 19.3 Å². The third-order valence-electron chi connectivity index (χ3n) is 4.63. The number of aryl methyl sites for hydroxylation is 4. The molecule has 0 saturated heterocycles. The number of hydrogen-bond acceptors (Lipinski definition) is 3. The largest absolute Gasteiger partial charge is 0.326 e. The molecule has 0 radical (unpaired) electrons. The van der Waals surface area contributed by atoms with Gasteiger partial charge in [-0.25, -0.2) is 0 Å². The van der Waals surface area contributed by atoms with E-state index in [1.807, 2.05) is 45.9 Å². The van der Waals surface area contributed by atoms with Crippen LogP contribution < -0.4 is 5.32 Å². The summed E-state index contributed by atoms with van der Waals surface area (Å²) in [7, 11) is 0. The molecule has 0 unspecified atom stereocenters. The molecule has 2 aromatic rings. The van der Waals surface area contributed by atoms with E-state index in [9.17, 15) is 14.4 Å². The van der Waals surface area contributed by atoms with Crippen molar-refractivity contribution in [2.75, 3.05) is 11.9 Å². The molecule has 1 aliphatic heterocycles. The molecular weight excluding hydrogens is 328 g/mol. The normalized spacial score (nSPS) is 13.2. The van der Waals surface area contributed by atoms with Gasteiger partial charge in [0, 0.05) is 18.7 Å². The Morgan fingerprint density at radius 3 is 2.15 bits per heavy atom. The summed E-state index contributed by atoms with van der Waals surface area (Å²) in [5, 5.41) is 2.90. The second kappa shape index (κ2) is 6.75. The lowest BCUT2D eigenvalue weighted by molar-refractivity contribution is -0.116. The highest BCUT2D eigenvalue weighted by molar-refractivity contribution is 6.21. The zero-order valence-electron chi connectivity index (χ0n) is 15.5. The Hall–Kier alpha value is -2.95. The lowest BCUT2D eigenvalue weighted by Gasteiger charge is -2.15. The molecule has 5 heteroatoms. The topological polar surface area (TPSA) is 66.5 Å². The lowest BCUT2D eigenvalue weighted by Crippen LogP contribution is -2.33. The Balaban J connectivity index is 1.68. The number of carbonyl (C=O) groups is 3. The van der Waals surface area contributed by atoms with Crippen molar-refractivity contribution in [2.24, 2.45) is 0 Å². The molecule has 1 N–H and O–H groups in total. The molecule has 2 aromatic carbocycles. The van der Waals surface area contributed by atoms with Crippen LogP contribution in [0.3, 0.4) is 0 Å². The van der Waals surface area contributed by atoms with E-state index in [1.165, 1.54) is 0 Å². The fourth-order valence-electron chi connectivity index (χ4n) is 3.40. The molecule has 0 aliphatic carbocycles. The second-order valence-electron chi connectivity index (χ2n) is 6.88. The Morgan fingerprint density at radius 1 is 0.885 bits per heavy atom. The average Bonchev–Trinajstić information content (AvgIpc) is 2.79. The first-order chi connectivity index (χ1) is 12.3. The molecule has 5 nitrogen and oxygen atoms in total. The van der Waals surface area contributed by atoms with E-state index in [0.717, 1.165) is 32.8 Å². The van der Waals surface area contributed by atoms with E-state index in [-0.39, 0.29) is 30.7 Å². The number of amides is 3. The predicted molar refractivity (Wildman–Crippen MR) is 100 cm³/mol. The van der Waals surface area contributed by atoms with Gasteiger partial charge in [0.1, 0.15) is 0 Å². The molecule has 26 heavy (non-hydrogen) atoms. The number of benzene rings is 2. The number of fused-ring (bicyclic) bond motifs is 1. The third kappa shape index (κ3) is 3.25. The molecule has 0 saturated carbocycles. The smallest absolute Gasteiger partial charge is 0.261 e. The molecule has 3 amide bonds. The zero-order chi connectivity index (χ0) is 19.0. The summed E-state index contributed by atoms with van der Waals surface area (Å²) in [6.45, 7) is 7.85. The molecule has 3 rings (SSSR count). The number of imide groups is 1. The summed E-state index contributed by atoms with van der Waals surface area (Å²) >= 11 is 0. The van der Waals surface area contributed by atoms with Crippen LogP contribution in [0.5, 0.6) is 0 Å². The van der Waals surface area contributed by atoms with E-state index < -0.39 is 0 Å². The summed E-state index contributed by atoms with van der Waals surface area (Å²) in [4.78, 5) is 38.3. The maximum absolute atomic E-state index is 12.4. The van der Waals surface area contributed by atoms with Crippen LogP contribution in [0.2, 0.25) is 0 Å². The number of nitrogens with zero attached hydrogens (tertiary/aromatic N) is 1. The Morgan fingerprint density at radius 2 is 1.50 bits per heavy atom. The van der Waals surface area contributed by atoms with Crippen LogP contribution in [-0.4, -0.2) is 29.2 Å². The summed E-state index contributed by atoms with van der Waals surface area (Å²) in [6, 6.07) is 9.21. The fraction of sp³-hybridized carbons (Fsp3) is 0.286. The van der Waals surface area contributed by atoms with Gasteiger partial charge >= 0.3 is 0 Å². The monoisotopic (exact) mass is 350 g/mol. The number of carbonyl (C=O) groups excluding carboxylic acids is 3. The first-order valence-corrected chi connectivity index (χ1v) is 8.62. The Labute approximate surface area is 153 Å². The van der Waals surface area contributed by atoms with Gasteiger partial charge in [-0.15, -0.1) is 0 Å². The van der Waals surface area contributed by atoms with E-state index in [2.05, 4.69) is 5.32 Å². The molecule has 134 valence electrons. The highest BCUT2D eigenvalue weighted by Gasteiger charge is 2.35. The van der Waals surface area contributed by atoms with Crippen LogP contribution in [0, 0.1) is 27.7 Å². The van der Waals surface area contributed by atoms with Gasteiger partial charge in [-0.2, -0.15) is 0 Å². The number of rotatable bonds is 4. The van der Waals surface area contributed by atoms with E-state index in [1.54, 1.807) is 12.1 Å². The zero-order valence-corrected chi connectivity index (χ0v) is 15.5. The van der Waals surface area contributed by atoms with Crippen LogP contribution in [0.1, 0.15) is 49.4 Å². The van der Waals surface area contributed by atoms with Crippen LogP contribution in [0.15, 0.2) is 30.3 Å². The summed E-state index contributed by atoms with van der Waals surface area (Å²) < 4.78 is 0. The first-order valence-electron chi connectivity index (χ1n) is 8.62. The first kappa shape index (κ1) is 17.9. The molecule has 0 aromatic heterocycles. The van der Waals surface area contributed by atoms with Gasteiger partial charge in [0.05, 0.1) is 11.1 Å². The van der Waals surface area contributed by atoms with Crippen molar-refractivity contribution >= 4 is 23.4 Å². The fourth-order valence-corrected chi connectivity index (χ4v) is 3.40. The van der Waals surface area contributed by atoms with Crippen LogP contribution >= 0.6 is 0 Å². The van der Waals surface area contributed by atoms with Crippen molar-refractivity contribution in [3.05, 3.63) is 63.7 Å². The number of nitrogens with one attached hydrogen (secondary N) is 1. The van der Waals surface area contributed by atoms with Gasteiger partial charge < -0.3 is 5.32 Å². The van der Waals surface area contributed by atoms with Crippen molar-refractivity contribution < 1.29 is 14.4 Å². The quantitative estimate of drug-likeness (QED) is 0.858. The number of anilines is 1. The Bertz CT molecular complexity index is 908. The highest BCUT2D eigenvalue weighted by atomic mass is 16.2. The van der Waals surface area contributed by atoms with Crippen molar-refractivity contribution in [1.29, 1.82) is 0 Å². The minimum absolute atomic E-state index is 0.0667. The highest BCUT2D eigenvalue weighted by Crippen LogP contribution is 2.25. The van der Waals surface area contributed by atoms with Gasteiger partial charge in [-0.05, 0) is 51.0 Å². The van der Waals surface area contributed by atoms with E-state index in [0.29, 0.717) is 11.1 Å². The maximum Gasteiger partial charge on any atom is 0.261 e.